The van der Waals surface area contributed by atoms with Crippen molar-refractivity contribution in [2.45, 2.75) is 16.7 Å². The number of nitrogens with zero attached hydrogens (tertiary/aromatic N) is 2. The second-order valence-electron chi connectivity index (χ2n) is 6.40. The Morgan fingerprint density at radius 2 is 1.66 bits per heavy atom. The molecule has 146 valence electrons. The first-order chi connectivity index (χ1) is 14.2. The Morgan fingerprint density at radius 3 is 2.41 bits per heavy atom. The summed E-state index contributed by atoms with van der Waals surface area (Å²) < 4.78 is 16.4. The Balaban J connectivity index is 1.70. The van der Waals surface area contributed by atoms with Gasteiger partial charge in [0.15, 0.2) is 0 Å². The van der Waals surface area contributed by atoms with E-state index < -0.39 is 0 Å². The third-order valence-electron chi connectivity index (χ3n) is 4.44. The van der Waals surface area contributed by atoms with Crippen LogP contribution in [0.3, 0.4) is 0 Å². The van der Waals surface area contributed by atoms with Gasteiger partial charge < -0.3 is 14.0 Å². The predicted octanol–water partition coefficient (Wildman–Crippen LogP) is 5.88. The van der Waals surface area contributed by atoms with E-state index in [1.807, 2.05) is 36.4 Å². The summed E-state index contributed by atoms with van der Waals surface area (Å²) in [5, 5.41) is 4.18. The number of hydrogen-bond donors (Lipinski definition) is 0. The van der Waals surface area contributed by atoms with Gasteiger partial charge >= 0.3 is 0 Å². The number of benzene rings is 3. The molecule has 6 heteroatoms. The van der Waals surface area contributed by atoms with Crippen molar-refractivity contribution in [2.24, 2.45) is 0 Å². The van der Waals surface area contributed by atoms with Gasteiger partial charge in [-0.3, -0.25) is 0 Å². The van der Waals surface area contributed by atoms with E-state index in [2.05, 4.69) is 47.4 Å². The molecule has 0 aliphatic carbocycles. The molecule has 0 aliphatic heterocycles. The molecule has 0 spiro atoms. The fourth-order valence-electron chi connectivity index (χ4n) is 2.90. The second-order valence-corrected chi connectivity index (χ2v) is 7.52. The average Bonchev–Trinajstić information content (AvgIpc) is 3.25. The maximum Gasteiger partial charge on any atom is 0.259 e. The highest BCUT2D eigenvalue weighted by Gasteiger charge is 2.18. The Labute approximate surface area is 173 Å². The highest BCUT2D eigenvalue weighted by atomic mass is 32.2. The molecule has 0 amide bonds. The van der Waals surface area contributed by atoms with Gasteiger partial charge in [-0.1, -0.05) is 46.7 Å². The summed E-state index contributed by atoms with van der Waals surface area (Å²) in [6, 6.07) is 21.9. The minimum Gasteiger partial charge on any atom is -0.497 e. The normalized spacial score (nSPS) is 10.7. The standard InChI is InChI=1S/C23H20N2O3S/c1-15-8-11-17(12-9-15)29-21-7-5-4-6-18(21)23-24-22(25-28-23)19-14-16(26-2)10-13-20(19)27-3/h4-14H,1-3H3. The molecule has 0 atom stereocenters. The van der Waals surface area contributed by atoms with Gasteiger partial charge in [0.25, 0.3) is 5.89 Å². The van der Waals surface area contributed by atoms with Crippen LogP contribution >= 0.6 is 11.8 Å². The lowest BCUT2D eigenvalue weighted by atomic mass is 10.1. The Kier molecular flexibility index (Phi) is 5.53. The van der Waals surface area contributed by atoms with Crippen molar-refractivity contribution >= 4 is 11.8 Å². The summed E-state index contributed by atoms with van der Waals surface area (Å²) in [6.07, 6.45) is 0. The molecule has 3 aromatic carbocycles. The monoisotopic (exact) mass is 404 g/mol. The summed E-state index contributed by atoms with van der Waals surface area (Å²) in [7, 11) is 3.23. The van der Waals surface area contributed by atoms with Crippen LogP contribution in [-0.4, -0.2) is 24.4 Å². The van der Waals surface area contributed by atoms with E-state index in [4.69, 9.17) is 14.0 Å². The quantitative estimate of drug-likeness (QED) is 0.400. The van der Waals surface area contributed by atoms with Crippen molar-refractivity contribution < 1.29 is 14.0 Å². The second kappa shape index (κ2) is 8.41. The molecule has 1 heterocycles. The van der Waals surface area contributed by atoms with Crippen LogP contribution in [0.15, 0.2) is 81.0 Å². The van der Waals surface area contributed by atoms with Gasteiger partial charge in [-0.15, -0.1) is 0 Å². The molecule has 0 unspecified atom stereocenters. The van der Waals surface area contributed by atoms with Crippen LogP contribution in [-0.2, 0) is 0 Å². The number of methoxy groups -OCH3 is 2. The minimum absolute atomic E-state index is 0.450. The molecule has 0 radical (unpaired) electrons. The third kappa shape index (κ3) is 4.12. The van der Waals surface area contributed by atoms with E-state index in [0.29, 0.717) is 28.8 Å². The van der Waals surface area contributed by atoms with Crippen LogP contribution in [0.5, 0.6) is 11.5 Å². The molecular weight excluding hydrogens is 384 g/mol. The summed E-state index contributed by atoms with van der Waals surface area (Å²) in [6.45, 7) is 2.08. The number of ether oxygens (including phenoxy) is 2. The number of rotatable bonds is 6. The Bertz CT molecular complexity index is 1120. The molecule has 0 fully saturated rings. The van der Waals surface area contributed by atoms with Crippen molar-refractivity contribution in [3.05, 3.63) is 72.3 Å². The SMILES string of the molecule is COc1ccc(OC)c(-c2noc(-c3ccccc3Sc3ccc(C)cc3)n2)c1. The molecule has 0 N–H and O–H groups in total. The number of hydrogen-bond acceptors (Lipinski definition) is 6. The van der Waals surface area contributed by atoms with Crippen molar-refractivity contribution in [3.63, 3.8) is 0 Å². The smallest absolute Gasteiger partial charge is 0.259 e. The highest BCUT2D eigenvalue weighted by molar-refractivity contribution is 7.99. The first kappa shape index (κ1) is 19.1. The molecule has 4 rings (SSSR count). The summed E-state index contributed by atoms with van der Waals surface area (Å²) in [5.74, 6) is 2.26. The van der Waals surface area contributed by atoms with Crippen molar-refractivity contribution in [2.75, 3.05) is 14.2 Å². The lowest BCUT2D eigenvalue weighted by Gasteiger charge is -2.07. The molecule has 0 saturated carbocycles. The lowest BCUT2D eigenvalue weighted by Crippen LogP contribution is -1.91. The fraction of sp³-hybridized carbons (Fsp3) is 0.130. The highest BCUT2D eigenvalue weighted by Crippen LogP contribution is 2.37. The van der Waals surface area contributed by atoms with E-state index in [-0.39, 0.29) is 0 Å². The molecular formula is C23H20N2O3S. The third-order valence-corrected chi connectivity index (χ3v) is 5.52. The van der Waals surface area contributed by atoms with Crippen molar-refractivity contribution in [1.82, 2.24) is 10.1 Å². The van der Waals surface area contributed by atoms with Gasteiger partial charge in [-0.2, -0.15) is 4.98 Å². The zero-order valence-corrected chi connectivity index (χ0v) is 17.2. The maximum absolute atomic E-state index is 5.60. The van der Waals surface area contributed by atoms with Crippen LogP contribution < -0.4 is 9.47 Å². The summed E-state index contributed by atoms with van der Waals surface area (Å²) in [5.41, 5.74) is 2.83. The largest absolute Gasteiger partial charge is 0.497 e. The van der Waals surface area contributed by atoms with Crippen LogP contribution in [0.2, 0.25) is 0 Å². The van der Waals surface area contributed by atoms with E-state index in [1.54, 1.807) is 26.0 Å². The molecule has 0 saturated heterocycles. The summed E-state index contributed by atoms with van der Waals surface area (Å²) >= 11 is 1.66. The minimum atomic E-state index is 0.450. The van der Waals surface area contributed by atoms with E-state index >= 15 is 0 Å². The molecule has 4 aromatic rings. The van der Waals surface area contributed by atoms with E-state index in [1.165, 1.54) is 5.56 Å². The van der Waals surface area contributed by atoms with E-state index in [9.17, 15) is 0 Å². The Hall–Kier alpha value is -3.25. The van der Waals surface area contributed by atoms with Crippen molar-refractivity contribution in [3.8, 4) is 34.3 Å². The lowest BCUT2D eigenvalue weighted by molar-refractivity contribution is 0.403. The molecule has 1 aromatic heterocycles. The zero-order chi connectivity index (χ0) is 20.2. The van der Waals surface area contributed by atoms with Crippen LogP contribution in [0, 0.1) is 6.92 Å². The topological polar surface area (TPSA) is 57.4 Å². The van der Waals surface area contributed by atoms with Gasteiger partial charge in [0.2, 0.25) is 5.82 Å². The Morgan fingerprint density at radius 1 is 0.862 bits per heavy atom. The molecule has 0 bridgehead atoms. The fourth-order valence-corrected chi connectivity index (χ4v) is 3.83. The molecule has 5 nitrogen and oxygen atoms in total. The number of aryl methyl sites for hydroxylation is 1. The molecule has 29 heavy (non-hydrogen) atoms. The van der Waals surface area contributed by atoms with Crippen molar-refractivity contribution in [1.29, 1.82) is 0 Å². The van der Waals surface area contributed by atoms with Crippen LogP contribution in [0.25, 0.3) is 22.8 Å². The van der Waals surface area contributed by atoms with Gasteiger partial charge in [-0.25, -0.2) is 0 Å². The van der Waals surface area contributed by atoms with Gasteiger partial charge in [-0.05, 0) is 49.4 Å². The number of aromatic nitrogens is 2. The van der Waals surface area contributed by atoms with Gasteiger partial charge in [0.1, 0.15) is 11.5 Å². The molecule has 0 aliphatic rings. The van der Waals surface area contributed by atoms with Gasteiger partial charge in [0.05, 0.1) is 25.3 Å². The van der Waals surface area contributed by atoms with Crippen LogP contribution in [0.4, 0.5) is 0 Å². The first-order valence-electron chi connectivity index (χ1n) is 9.08. The van der Waals surface area contributed by atoms with Gasteiger partial charge in [0, 0.05) is 9.79 Å². The zero-order valence-electron chi connectivity index (χ0n) is 16.4. The maximum atomic E-state index is 5.60. The first-order valence-corrected chi connectivity index (χ1v) is 9.89. The predicted molar refractivity (Wildman–Crippen MR) is 114 cm³/mol. The average molecular weight is 404 g/mol. The van der Waals surface area contributed by atoms with Crippen LogP contribution in [0.1, 0.15) is 5.56 Å². The summed E-state index contributed by atoms with van der Waals surface area (Å²) in [4.78, 5) is 6.82. The van der Waals surface area contributed by atoms with E-state index in [0.717, 1.165) is 15.4 Å².